The minimum atomic E-state index is -0.216. The maximum absolute atomic E-state index is 13.2. The van der Waals surface area contributed by atoms with Gasteiger partial charge in [0.1, 0.15) is 11.6 Å². The van der Waals surface area contributed by atoms with Gasteiger partial charge in [-0.2, -0.15) is 0 Å². The average molecular weight is 247 g/mol. The quantitative estimate of drug-likeness (QED) is 0.902. The Morgan fingerprint density at radius 1 is 1.39 bits per heavy atom. The van der Waals surface area contributed by atoms with Crippen molar-refractivity contribution in [2.24, 2.45) is 0 Å². The Hall–Kier alpha value is -1.42. The van der Waals surface area contributed by atoms with Gasteiger partial charge in [-0.1, -0.05) is 6.92 Å². The van der Waals surface area contributed by atoms with Crippen LogP contribution in [0.25, 0.3) is 11.0 Å². The van der Waals surface area contributed by atoms with E-state index < -0.39 is 0 Å². The van der Waals surface area contributed by atoms with Crippen LogP contribution in [0.15, 0.2) is 18.2 Å². The number of hydrogen-bond acceptors (Lipinski definition) is 2. The minimum Gasteiger partial charge on any atom is -0.341 e. The second kappa shape index (κ2) is 4.69. The average Bonchev–Trinajstić information content (AvgIpc) is 2.98. The van der Waals surface area contributed by atoms with Crippen LogP contribution >= 0.6 is 0 Å². The second-order valence-electron chi connectivity index (χ2n) is 4.95. The molecule has 0 spiro atoms. The van der Waals surface area contributed by atoms with Crippen molar-refractivity contribution in [1.29, 1.82) is 0 Å². The van der Waals surface area contributed by atoms with E-state index in [0.717, 1.165) is 36.4 Å². The molecule has 1 aromatic carbocycles. The summed E-state index contributed by atoms with van der Waals surface area (Å²) in [6, 6.07) is 5.05. The fraction of sp³-hybridized carbons (Fsp3) is 0.500. The molecule has 18 heavy (non-hydrogen) atoms. The lowest BCUT2D eigenvalue weighted by Crippen LogP contribution is -2.25. The van der Waals surface area contributed by atoms with E-state index in [2.05, 4.69) is 21.8 Å². The molecule has 1 atom stereocenters. The lowest BCUT2D eigenvalue weighted by atomic mass is 10.2. The van der Waals surface area contributed by atoms with Crippen molar-refractivity contribution in [1.82, 2.24) is 14.9 Å². The van der Waals surface area contributed by atoms with Crippen LogP contribution in [-0.2, 0) is 0 Å². The molecule has 4 heteroatoms. The van der Waals surface area contributed by atoms with Gasteiger partial charge in [0.2, 0.25) is 0 Å². The summed E-state index contributed by atoms with van der Waals surface area (Å²) in [5.41, 5.74) is 1.65. The van der Waals surface area contributed by atoms with E-state index in [4.69, 9.17) is 0 Å². The van der Waals surface area contributed by atoms with Crippen molar-refractivity contribution < 1.29 is 4.39 Å². The van der Waals surface area contributed by atoms with E-state index in [1.165, 1.54) is 25.0 Å². The monoisotopic (exact) mass is 247 g/mol. The lowest BCUT2D eigenvalue weighted by Gasteiger charge is -2.24. The SMILES string of the molecule is CCC(c1nc2ccc(F)cc2[nH]1)N1CCCC1. The van der Waals surface area contributed by atoms with Crippen LogP contribution in [0.3, 0.4) is 0 Å². The third-order valence-corrected chi connectivity index (χ3v) is 3.75. The number of rotatable bonds is 3. The maximum atomic E-state index is 13.2. The fourth-order valence-corrected chi connectivity index (χ4v) is 2.84. The number of hydrogen-bond donors (Lipinski definition) is 1. The summed E-state index contributed by atoms with van der Waals surface area (Å²) in [7, 11) is 0. The Labute approximate surface area is 106 Å². The molecule has 1 N–H and O–H groups in total. The smallest absolute Gasteiger partial charge is 0.125 e. The molecule has 0 aliphatic carbocycles. The molecule has 96 valence electrons. The predicted octanol–water partition coefficient (Wildman–Crippen LogP) is 3.25. The van der Waals surface area contributed by atoms with Crippen LogP contribution in [0.5, 0.6) is 0 Å². The number of halogens is 1. The minimum absolute atomic E-state index is 0.216. The normalized spacial score (nSPS) is 18.6. The maximum Gasteiger partial charge on any atom is 0.125 e. The lowest BCUT2D eigenvalue weighted by molar-refractivity contribution is 0.231. The highest BCUT2D eigenvalue weighted by Crippen LogP contribution is 2.27. The van der Waals surface area contributed by atoms with Gasteiger partial charge in [0, 0.05) is 0 Å². The van der Waals surface area contributed by atoms with Crippen LogP contribution in [0.1, 0.15) is 38.1 Å². The summed E-state index contributed by atoms with van der Waals surface area (Å²) >= 11 is 0. The van der Waals surface area contributed by atoms with Crippen molar-refractivity contribution >= 4 is 11.0 Å². The van der Waals surface area contributed by atoms with E-state index in [9.17, 15) is 4.39 Å². The first-order valence-electron chi connectivity index (χ1n) is 6.67. The summed E-state index contributed by atoms with van der Waals surface area (Å²) in [5, 5.41) is 0. The molecule has 1 aliphatic heterocycles. The molecule has 3 rings (SSSR count). The zero-order valence-electron chi connectivity index (χ0n) is 10.6. The molecule has 0 amide bonds. The van der Waals surface area contributed by atoms with Gasteiger partial charge in [-0.3, -0.25) is 4.90 Å². The topological polar surface area (TPSA) is 31.9 Å². The van der Waals surface area contributed by atoms with Gasteiger partial charge < -0.3 is 4.98 Å². The highest BCUT2D eigenvalue weighted by atomic mass is 19.1. The van der Waals surface area contributed by atoms with Crippen molar-refractivity contribution in [2.45, 2.75) is 32.2 Å². The van der Waals surface area contributed by atoms with Gasteiger partial charge in [-0.15, -0.1) is 0 Å². The summed E-state index contributed by atoms with van der Waals surface area (Å²) in [4.78, 5) is 10.3. The van der Waals surface area contributed by atoms with Crippen molar-refractivity contribution in [3.05, 3.63) is 29.8 Å². The Balaban J connectivity index is 1.96. The molecule has 2 heterocycles. The largest absolute Gasteiger partial charge is 0.341 e. The van der Waals surface area contributed by atoms with E-state index in [-0.39, 0.29) is 5.82 Å². The molecule has 0 saturated carbocycles. The Morgan fingerprint density at radius 3 is 2.89 bits per heavy atom. The Morgan fingerprint density at radius 2 is 2.17 bits per heavy atom. The van der Waals surface area contributed by atoms with E-state index >= 15 is 0 Å². The molecule has 0 bridgehead atoms. The summed E-state index contributed by atoms with van der Waals surface area (Å²) in [5.74, 6) is 0.756. The van der Waals surface area contributed by atoms with Gasteiger partial charge in [0.25, 0.3) is 0 Å². The Kier molecular flexibility index (Phi) is 3.04. The van der Waals surface area contributed by atoms with Crippen molar-refractivity contribution in [2.75, 3.05) is 13.1 Å². The Bertz CT molecular complexity index is 543. The van der Waals surface area contributed by atoms with Crippen molar-refractivity contribution in [3.8, 4) is 0 Å². The molecule has 2 aromatic rings. The summed E-state index contributed by atoms with van der Waals surface area (Å²) < 4.78 is 13.2. The molecule has 1 aliphatic rings. The molecular weight excluding hydrogens is 229 g/mol. The summed E-state index contributed by atoms with van der Waals surface area (Å²) in [6.07, 6.45) is 3.57. The third kappa shape index (κ3) is 2.01. The number of aromatic nitrogens is 2. The molecule has 1 unspecified atom stereocenters. The number of imidazole rings is 1. The number of likely N-dealkylation sites (tertiary alicyclic amines) is 1. The number of nitrogens with zero attached hydrogens (tertiary/aromatic N) is 2. The van der Waals surface area contributed by atoms with Gasteiger partial charge >= 0.3 is 0 Å². The molecule has 0 radical (unpaired) electrons. The van der Waals surface area contributed by atoms with Crippen LogP contribution in [-0.4, -0.2) is 28.0 Å². The van der Waals surface area contributed by atoms with Gasteiger partial charge in [0.05, 0.1) is 17.1 Å². The third-order valence-electron chi connectivity index (χ3n) is 3.75. The summed E-state index contributed by atoms with van der Waals surface area (Å²) in [6.45, 7) is 4.46. The van der Waals surface area contributed by atoms with Crippen LogP contribution in [0.4, 0.5) is 4.39 Å². The number of H-pyrrole nitrogens is 1. The van der Waals surface area contributed by atoms with Gasteiger partial charge in [0.15, 0.2) is 0 Å². The zero-order valence-corrected chi connectivity index (χ0v) is 10.6. The van der Waals surface area contributed by atoms with E-state index in [1.807, 2.05) is 0 Å². The molecule has 1 aromatic heterocycles. The van der Waals surface area contributed by atoms with Crippen LogP contribution in [0.2, 0.25) is 0 Å². The second-order valence-corrected chi connectivity index (χ2v) is 4.95. The zero-order chi connectivity index (χ0) is 12.5. The number of nitrogens with one attached hydrogen (secondary N) is 1. The predicted molar refractivity (Wildman–Crippen MR) is 69.9 cm³/mol. The van der Waals surface area contributed by atoms with Crippen molar-refractivity contribution in [3.63, 3.8) is 0 Å². The number of aromatic amines is 1. The van der Waals surface area contributed by atoms with Gasteiger partial charge in [-0.25, -0.2) is 9.37 Å². The van der Waals surface area contributed by atoms with E-state index in [0.29, 0.717) is 6.04 Å². The highest BCUT2D eigenvalue weighted by Gasteiger charge is 2.24. The van der Waals surface area contributed by atoms with Crippen LogP contribution < -0.4 is 0 Å². The number of benzene rings is 1. The van der Waals surface area contributed by atoms with Crippen LogP contribution in [0, 0.1) is 5.82 Å². The first kappa shape index (κ1) is 11.7. The standard InChI is InChI=1S/C14H18FN3/c1-2-13(18-7-3-4-8-18)14-16-11-6-5-10(15)9-12(11)17-14/h5-6,9,13H,2-4,7-8H2,1H3,(H,16,17). The van der Waals surface area contributed by atoms with Gasteiger partial charge in [-0.05, 0) is 50.6 Å². The first-order valence-corrected chi connectivity index (χ1v) is 6.67. The van der Waals surface area contributed by atoms with E-state index in [1.54, 1.807) is 6.07 Å². The molecule has 1 saturated heterocycles. The molecule has 1 fully saturated rings. The molecular formula is C14H18FN3. The fourth-order valence-electron chi connectivity index (χ4n) is 2.84. The molecule has 3 nitrogen and oxygen atoms in total. The highest BCUT2D eigenvalue weighted by molar-refractivity contribution is 5.75. The first-order chi connectivity index (χ1) is 8.78. The number of fused-ring (bicyclic) bond motifs is 1.